The van der Waals surface area contributed by atoms with Crippen molar-refractivity contribution in [3.05, 3.63) is 89.2 Å². The number of ether oxygens (including phenoxy) is 2. The van der Waals surface area contributed by atoms with E-state index in [9.17, 15) is 19.5 Å². The number of nitrogens with one attached hydrogen (secondary N) is 2. The van der Waals surface area contributed by atoms with Gasteiger partial charge in [0.05, 0.1) is 38.1 Å². The molecule has 2 heterocycles. The number of thiocarbonyl (C=S) groups is 1. The number of rotatable bonds is 7. The Kier molecular flexibility index (Phi) is 8.72. The first-order valence-electron chi connectivity index (χ1n) is 12.1. The van der Waals surface area contributed by atoms with Gasteiger partial charge in [-0.25, -0.2) is 9.59 Å². The number of benzene rings is 2. The van der Waals surface area contributed by atoms with Gasteiger partial charge in [-0.2, -0.15) is 0 Å². The lowest BCUT2D eigenvalue weighted by atomic mass is 9.98. The van der Waals surface area contributed by atoms with Gasteiger partial charge in [0.15, 0.2) is 5.11 Å². The van der Waals surface area contributed by atoms with Crippen LogP contribution in [0.25, 0.3) is 0 Å². The molecule has 11 heteroatoms. The maximum Gasteiger partial charge on any atom is 0.407 e. The Hall–Kier alpha value is -4.22. The lowest BCUT2D eigenvalue weighted by Gasteiger charge is -2.35. The quantitative estimate of drug-likeness (QED) is 0.306. The van der Waals surface area contributed by atoms with Crippen LogP contribution in [0.15, 0.2) is 66.9 Å². The summed E-state index contributed by atoms with van der Waals surface area (Å²) < 4.78 is 10.8. The molecule has 38 heavy (non-hydrogen) atoms. The molecular formula is C27H28N4O6S. The van der Waals surface area contributed by atoms with Crippen LogP contribution < -0.4 is 10.2 Å². The van der Waals surface area contributed by atoms with E-state index in [1.165, 1.54) is 4.90 Å². The number of hydrogen-bond acceptors (Lipinski definition) is 6. The van der Waals surface area contributed by atoms with Gasteiger partial charge in [-0.1, -0.05) is 42.5 Å². The molecule has 1 fully saturated rings. The molecule has 0 bridgehead atoms. The Balaban J connectivity index is 1.71. The van der Waals surface area contributed by atoms with Crippen LogP contribution >= 0.6 is 12.2 Å². The molecule has 0 saturated carbocycles. The number of hydrogen-bond donors (Lipinski definition) is 3. The normalized spacial score (nSPS) is 15.0. The number of carboxylic acid groups (broad SMARTS) is 1. The van der Waals surface area contributed by atoms with Crippen molar-refractivity contribution in [2.24, 2.45) is 0 Å². The van der Waals surface area contributed by atoms with Crippen molar-refractivity contribution in [3.8, 4) is 0 Å². The van der Waals surface area contributed by atoms with Crippen LogP contribution in [0.3, 0.4) is 0 Å². The molecule has 0 radical (unpaired) electrons. The molecule has 1 aromatic heterocycles. The zero-order valence-corrected chi connectivity index (χ0v) is 21.6. The van der Waals surface area contributed by atoms with Gasteiger partial charge in [-0.05, 0) is 48.5 Å². The number of carbonyl (C=O) groups excluding carboxylic acids is 2. The van der Waals surface area contributed by atoms with Crippen LogP contribution in [-0.2, 0) is 16.0 Å². The zero-order valence-electron chi connectivity index (χ0n) is 20.8. The molecule has 2 aromatic carbocycles. The predicted molar refractivity (Wildman–Crippen MR) is 144 cm³/mol. The van der Waals surface area contributed by atoms with E-state index in [-0.39, 0.29) is 37.1 Å². The lowest BCUT2D eigenvalue weighted by Crippen LogP contribution is -2.44. The van der Waals surface area contributed by atoms with E-state index in [0.717, 1.165) is 11.1 Å². The molecular weight excluding hydrogens is 508 g/mol. The molecule has 1 atom stereocenters. The Bertz CT molecular complexity index is 1310. The molecule has 198 valence electrons. The van der Waals surface area contributed by atoms with Crippen molar-refractivity contribution in [3.63, 3.8) is 0 Å². The number of carbonyl (C=O) groups is 3. The summed E-state index contributed by atoms with van der Waals surface area (Å²) in [7, 11) is 0. The van der Waals surface area contributed by atoms with Crippen LogP contribution in [0.5, 0.6) is 0 Å². The Morgan fingerprint density at radius 2 is 1.89 bits per heavy atom. The van der Waals surface area contributed by atoms with Crippen LogP contribution in [0.1, 0.15) is 44.9 Å². The van der Waals surface area contributed by atoms with Gasteiger partial charge < -0.3 is 24.5 Å². The third-order valence-corrected chi connectivity index (χ3v) is 6.44. The number of morpholine rings is 1. The average Bonchev–Trinajstić information content (AvgIpc) is 3.42. The number of esters is 1. The van der Waals surface area contributed by atoms with E-state index < -0.39 is 24.0 Å². The molecule has 1 aliphatic rings. The highest BCUT2D eigenvalue weighted by Crippen LogP contribution is 2.30. The average molecular weight is 537 g/mol. The predicted octanol–water partition coefficient (Wildman–Crippen LogP) is 3.96. The minimum atomic E-state index is -1.04. The van der Waals surface area contributed by atoms with E-state index in [4.69, 9.17) is 21.7 Å². The number of aromatic amines is 1. The number of anilines is 1. The summed E-state index contributed by atoms with van der Waals surface area (Å²) in [6.07, 6.45) is 0.550. The number of aromatic nitrogens is 1. The first kappa shape index (κ1) is 26.8. The summed E-state index contributed by atoms with van der Waals surface area (Å²) in [6.45, 7) is 2.80. The minimum absolute atomic E-state index is 0.0637. The van der Waals surface area contributed by atoms with Gasteiger partial charge >= 0.3 is 12.1 Å². The van der Waals surface area contributed by atoms with Crippen LogP contribution in [0.2, 0.25) is 0 Å². The van der Waals surface area contributed by atoms with E-state index >= 15 is 0 Å². The molecule has 3 N–H and O–H groups in total. The van der Waals surface area contributed by atoms with Gasteiger partial charge in [0.2, 0.25) is 0 Å². The lowest BCUT2D eigenvalue weighted by molar-refractivity contribution is -0.00116. The van der Waals surface area contributed by atoms with Gasteiger partial charge in [0.25, 0.3) is 5.91 Å². The van der Waals surface area contributed by atoms with Crippen LogP contribution in [-0.4, -0.2) is 64.4 Å². The highest BCUT2D eigenvalue weighted by atomic mass is 32.1. The fourth-order valence-electron chi connectivity index (χ4n) is 4.31. The highest BCUT2D eigenvalue weighted by molar-refractivity contribution is 7.80. The monoisotopic (exact) mass is 536 g/mol. The number of nitrogens with zero attached hydrogens (tertiary/aromatic N) is 2. The van der Waals surface area contributed by atoms with Gasteiger partial charge in [-0.15, -0.1) is 0 Å². The summed E-state index contributed by atoms with van der Waals surface area (Å²) in [6, 6.07) is 17.1. The molecule has 0 spiro atoms. The molecule has 1 aliphatic heterocycles. The van der Waals surface area contributed by atoms with Gasteiger partial charge in [-0.3, -0.25) is 15.0 Å². The third-order valence-electron chi connectivity index (χ3n) is 6.11. The zero-order chi connectivity index (χ0) is 27.1. The second-order valence-corrected chi connectivity index (χ2v) is 8.82. The van der Waals surface area contributed by atoms with Crippen molar-refractivity contribution in [1.29, 1.82) is 0 Å². The van der Waals surface area contributed by atoms with Gasteiger partial charge in [0, 0.05) is 18.3 Å². The van der Waals surface area contributed by atoms with E-state index in [0.29, 0.717) is 17.9 Å². The van der Waals surface area contributed by atoms with E-state index in [1.54, 1.807) is 54.4 Å². The summed E-state index contributed by atoms with van der Waals surface area (Å²) in [5, 5.41) is 12.6. The molecule has 3 aromatic rings. The molecule has 1 saturated heterocycles. The molecule has 0 aliphatic carbocycles. The standard InChI is InChI=1S/C27H28N4O6S/c1-2-37-25(33)23-21(12-13-28-23)31(26(38)29-24(32)18-8-4-3-5-9-18)16-19-10-6-7-11-20(19)22-17-36-15-14-30(22)27(34)35/h3-13,22,28H,2,14-17H2,1H3,(H,34,35)(H,29,32,38)/t22-/m0/s1. The maximum absolute atomic E-state index is 12.9. The SMILES string of the molecule is CCOC(=O)c1[nH]ccc1N(Cc1ccccc1[C@@H]1COCCN1C(=O)O)C(=S)NC(=O)c1ccccc1. The van der Waals surface area contributed by atoms with Crippen molar-refractivity contribution in [2.75, 3.05) is 31.3 Å². The van der Waals surface area contributed by atoms with Crippen molar-refractivity contribution >= 4 is 41.0 Å². The molecule has 0 unspecified atom stereocenters. The third kappa shape index (κ3) is 6.01. The smallest absolute Gasteiger partial charge is 0.407 e. The second kappa shape index (κ2) is 12.3. The summed E-state index contributed by atoms with van der Waals surface area (Å²) in [4.78, 5) is 43.4. The van der Waals surface area contributed by atoms with Crippen molar-refractivity contribution in [2.45, 2.75) is 19.5 Å². The molecule has 4 rings (SSSR count). The maximum atomic E-state index is 12.9. The first-order valence-corrected chi connectivity index (χ1v) is 12.5. The first-order chi connectivity index (χ1) is 18.4. The number of H-pyrrole nitrogens is 1. The van der Waals surface area contributed by atoms with Gasteiger partial charge in [0.1, 0.15) is 5.69 Å². The summed E-state index contributed by atoms with van der Waals surface area (Å²) >= 11 is 5.67. The Labute approximate surface area is 225 Å². The Morgan fingerprint density at radius 3 is 2.63 bits per heavy atom. The van der Waals surface area contributed by atoms with E-state index in [2.05, 4.69) is 10.3 Å². The van der Waals surface area contributed by atoms with Crippen LogP contribution in [0, 0.1) is 0 Å². The fourth-order valence-corrected chi connectivity index (χ4v) is 4.57. The highest BCUT2D eigenvalue weighted by Gasteiger charge is 2.31. The summed E-state index contributed by atoms with van der Waals surface area (Å²) in [5.74, 6) is -0.972. The topological polar surface area (TPSA) is 124 Å². The van der Waals surface area contributed by atoms with Crippen LogP contribution in [0.4, 0.5) is 10.5 Å². The van der Waals surface area contributed by atoms with Crippen molar-refractivity contribution in [1.82, 2.24) is 15.2 Å². The molecule has 2 amide bonds. The number of amides is 2. The molecule has 10 nitrogen and oxygen atoms in total. The minimum Gasteiger partial charge on any atom is -0.465 e. The largest absolute Gasteiger partial charge is 0.465 e. The summed E-state index contributed by atoms with van der Waals surface area (Å²) in [5.41, 5.74) is 2.50. The Morgan fingerprint density at radius 1 is 1.16 bits per heavy atom. The van der Waals surface area contributed by atoms with Crippen molar-refractivity contribution < 1.29 is 29.0 Å². The van der Waals surface area contributed by atoms with E-state index in [1.807, 2.05) is 24.3 Å². The fraction of sp³-hybridized carbons (Fsp3) is 0.259. The second-order valence-electron chi connectivity index (χ2n) is 8.44.